The highest BCUT2D eigenvalue weighted by Crippen LogP contribution is 2.27. The lowest BCUT2D eigenvalue weighted by atomic mass is 10.0. The maximum Gasteiger partial charge on any atom is 0.242 e. The number of rotatable bonds is 7. The van der Waals surface area contributed by atoms with E-state index in [-0.39, 0.29) is 17.9 Å². The molecule has 4 N–H and O–H groups in total. The predicted molar refractivity (Wildman–Crippen MR) is 123 cm³/mol. The van der Waals surface area contributed by atoms with Gasteiger partial charge in [-0.3, -0.25) is 9.59 Å². The Labute approximate surface area is 193 Å². The van der Waals surface area contributed by atoms with Gasteiger partial charge in [-0.25, -0.2) is 4.98 Å². The maximum atomic E-state index is 12.6. The first-order chi connectivity index (χ1) is 14.9. The van der Waals surface area contributed by atoms with Gasteiger partial charge in [0, 0.05) is 29.2 Å². The van der Waals surface area contributed by atoms with Crippen LogP contribution in [0.5, 0.6) is 0 Å². The largest absolute Gasteiger partial charge is 0.350 e. The van der Waals surface area contributed by atoms with Crippen LogP contribution < -0.4 is 16.0 Å². The molecule has 4 heterocycles. The van der Waals surface area contributed by atoms with E-state index in [1.54, 1.807) is 30.7 Å². The summed E-state index contributed by atoms with van der Waals surface area (Å²) >= 11 is 13.7. The summed E-state index contributed by atoms with van der Waals surface area (Å²) in [6.07, 6.45) is 4.99. The molecule has 7 nitrogen and oxygen atoms in total. The summed E-state index contributed by atoms with van der Waals surface area (Å²) < 4.78 is 0.780. The third kappa shape index (κ3) is 5.38. The van der Waals surface area contributed by atoms with Gasteiger partial charge in [0.1, 0.15) is 11.7 Å². The summed E-state index contributed by atoms with van der Waals surface area (Å²) in [7, 11) is 0. The number of amides is 2. The van der Waals surface area contributed by atoms with Gasteiger partial charge in [-0.05, 0) is 56.0 Å². The van der Waals surface area contributed by atoms with Gasteiger partial charge in [0.05, 0.1) is 15.4 Å². The maximum absolute atomic E-state index is 12.6. The topological polar surface area (TPSA) is 98.9 Å². The predicted octanol–water partition coefficient (Wildman–Crippen LogP) is 3.27. The van der Waals surface area contributed by atoms with Gasteiger partial charge in [-0.1, -0.05) is 23.2 Å². The highest BCUT2D eigenvalue weighted by molar-refractivity contribution is 7.16. The zero-order chi connectivity index (χ0) is 22.0. The second-order valence-corrected chi connectivity index (χ2v) is 10.0. The quantitative estimate of drug-likeness (QED) is 0.417. The molecule has 3 aromatic rings. The SMILES string of the molecule is CC(NC(=O)[C@H]1C[C@H](Cc2ccc(Cl)s2)CN1)C(=O)NCc1cnc2[nH]cc(Cl)c2c1. The van der Waals surface area contributed by atoms with E-state index in [0.29, 0.717) is 23.1 Å². The fourth-order valence-electron chi connectivity index (χ4n) is 3.74. The van der Waals surface area contributed by atoms with Crippen LogP contribution in [-0.4, -0.2) is 40.4 Å². The fourth-order valence-corrected chi connectivity index (χ4v) is 5.14. The van der Waals surface area contributed by atoms with Crippen molar-refractivity contribution in [1.29, 1.82) is 0 Å². The average Bonchev–Trinajstić information content (AvgIpc) is 3.47. The summed E-state index contributed by atoms with van der Waals surface area (Å²) in [4.78, 5) is 33.5. The number of aromatic amines is 1. The molecule has 0 aromatic carbocycles. The highest BCUT2D eigenvalue weighted by atomic mass is 35.5. The second-order valence-electron chi connectivity index (χ2n) is 7.80. The Hall–Kier alpha value is -2.13. The van der Waals surface area contributed by atoms with Crippen molar-refractivity contribution in [3.8, 4) is 0 Å². The molecule has 2 amide bonds. The lowest BCUT2D eigenvalue weighted by molar-refractivity contribution is -0.129. The van der Waals surface area contributed by atoms with Crippen molar-refractivity contribution < 1.29 is 9.59 Å². The third-order valence-corrected chi connectivity index (χ3v) is 6.98. The van der Waals surface area contributed by atoms with E-state index in [1.165, 1.54) is 4.88 Å². The zero-order valence-corrected chi connectivity index (χ0v) is 19.2. The van der Waals surface area contributed by atoms with Gasteiger partial charge in [-0.2, -0.15) is 0 Å². The van der Waals surface area contributed by atoms with Gasteiger partial charge < -0.3 is 20.9 Å². The summed E-state index contributed by atoms with van der Waals surface area (Å²) in [6.45, 7) is 2.75. The van der Waals surface area contributed by atoms with E-state index in [0.717, 1.165) is 34.7 Å². The number of nitrogens with zero attached hydrogens (tertiary/aromatic N) is 1. The van der Waals surface area contributed by atoms with Crippen LogP contribution in [-0.2, 0) is 22.6 Å². The number of halogens is 2. The minimum atomic E-state index is -0.642. The Bertz CT molecular complexity index is 1100. The normalized spacial score (nSPS) is 19.5. The molecule has 4 rings (SSSR count). The molecule has 164 valence electrons. The number of carbonyl (C=O) groups excluding carboxylic acids is 2. The number of carbonyl (C=O) groups is 2. The number of hydrogen-bond donors (Lipinski definition) is 4. The van der Waals surface area contributed by atoms with Crippen LogP contribution in [0, 0.1) is 5.92 Å². The first kappa shape index (κ1) is 22.1. The van der Waals surface area contributed by atoms with Crippen LogP contribution in [0.2, 0.25) is 9.36 Å². The molecule has 1 aliphatic rings. The Kier molecular flexibility index (Phi) is 6.81. The molecule has 1 fully saturated rings. The lowest BCUT2D eigenvalue weighted by Gasteiger charge is -2.17. The van der Waals surface area contributed by atoms with E-state index >= 15 is 0 Å². The van der Waals surface area contributed by atoms with Crippen molar-refractivity contribution in [2.24, 2.45) is 5.92 Å². The minimum Gasteiger partial charge on any atom is -0.350 e. The molecule has 0 saturated carbocycles. The van der Waals surface area contributed by atoms with Gasteiger partial charge in [-0.15, -0.1) is 11.3 Å². The Balaban J connectivity index is 1.24. The van der Waals surface area contributed by atoms with Crippen molar-refractivity contribution in [2.45, 2.75) is 38.4 Å². The Morgan fingerprint density at radius 3 is 2.97 bits per heavy atom. The summed E-state index contributed by atoms with van der Waals surface area (Å²) in [5, 5.41) is 10.3. The summed E-state index contributed by atoms with van der Waals surface area (Å²) in [5.41, 5.74) is 1.53. The van der Waals surface area contributed by atoms with Gasteiger partial charge in [0.25, 0.3) is 0 Å². The minimum absolute atomic E-state index is 0.156. The first-order valence-electron chi connectivity index (χ1n) is 10.1. The molecule has 0 bridgehead atoms. The molecule has 31 heavy (non-hydrogen) atoms. The molecule has 3 atom stereocenters. The Morgan fingerprint density at radius 1 is 1.35 bits per heavy atom. The Morgan fingerprint density at radius 2 is 2.19 bits per heavy atom. The van der Waals surface area contributed by atoms with E-state index in [4.69, 9.17) is 23.2 Å². The molecule has 0 aliphatic carbocycles. The van der Waals surface area contributed by atoms with Crippen molar-refractivity contribution >= 4 is 57.4 Å². The van der Waals surface area contributed by atoms with Gasteiger partial charge >= 0.3 is 0 Å². The van der Waals surface area contributed by atoms with Crippen LogP contribution in [0.25, 0.3) is 11.0 Å². The number of thiophene rings is 1. The molecule has 1 saturated heterocycles. The first-order valence-corrected chi connectivity index (χ1v) is 11.6. The molecule has 0 spiro atoms. The van der Waals surface area contributed by atoms with Crippen molar-refractivity contribution in [3.05, 3.63) is 50.4 Å². The van der Waals surface area contributed by atoms with E-state index in [2.05, 4.69) is 25.9 Å². The van der Waals surface area contributed by atoms with Crippen LogP contribution >= 0.6 is 34.5 Å². The van der Waals surface area contributed by atoms with E-state index < -0.39 is 6.04 Å². The number of fused-ring (bicyclic) bond motifs is 1. The number of nitrogens with one attached hydrogen (secondary N) is 4. The smallest absolute Gasteiger partial charge is 0.242 e. The van der Waals surface area contributed by atoms with E-state index in [9.17, 15) is 9.59 Å². The number of hydrogen-bond acceptors (Lipinski definition) is 5. The molecular formula is C21H23Cl2N5O2S. The molecule has 10 heteroatoms. The average molecular weight is 480 g/mol. The standard InChI is InChI=1S/C21H23Cl2N5O2S/c1-11(20(29)27-9-13-5-15-16(22)10-26-19(15)25-8-13)28-21(30)17-6-12(7-24-17)4-14-2-3-18(23)31-14/h2-3,5,8,10-12,17,24H,4,6-7,9H2,1H3,(H,25,26)(H,27,29)(H,28,30)/t11?,12-,17+/m0/s1. The van der Waals surface area contributed by atoms with Crippen molar-refractivity contribution in [1.82, 2.24) is 25.9 Å². The molecule has 1 unspecified atom stereocenters. The van der Waals surface area contributed by atoms with E-state index in [1.807, 2.05) is 18.2 Å². The van der Waals surface area contributed by atoms with Crippen LogP contribution in [0.15, 0.2) is 30.6 Å². The molecule has 3 aromatic heterocycles. The van der Waals surface area contributed by atoms with Crippen LogP contribution in [0.1, 0.15) is 23.8 Å². The third-order valence-electron chi connectivity index (χ3n) is 5.41. The molecular weight excluding hydrogens is 457 g/mol. The lowest BCUT2D eigenvalue weighted by Crippen LogP contribution is -2.49. The number of H-pyrrole nitrogens is 1. The number of pyridine rings is 1. The van der Waals surface area contributed by atoms with Crippen LogP contribution in [0.3, 0.4) is 0 Å². The monoisotopic (exact) mass is 479 g/mol. The van der Waals surface area contributed by atoms with Crippen molar-refractivity contribution in [2.75, 3.05) is 6.54 Å². The zero-order valence-electron chi connectivity index (χ0n) is 16.9. The van der Waals surface area contributed by atoms with Gasteiger partial charge in [0.2, 0.25) is 11.8 Å². The highest BCUT2D eigenvalue weighted by Gasteiger charge is 2.31. The van der Waals surface area contributed by atoms with Crippen molar-refractivity contribution in [3.63, 3.8) is 0 Å². The summed E-state index contributed by atoms with van der Waals surface area (Å²) in [6, 6.07) is 4.88. The number of aromatic nitrogens is 2. The second kappa shape index (κ2) is 9.56. The summed E-state index contributed by atoms with van der Waals surface area (Å²) in [5.74, 6) is -0.0368. The van der Waals surface area contributed by atoms with Gasteiger partial charge in [0.15, 0.2) is 0 Å². The fraction of sp³-hybridized carbons (Fsp3) is 0.381. The molecule has 1 aliphatic heterocycles. The molecule has 0 radical (unpaired) electrons. The van der Waals surface area contributed by atoms with Crippen LogP contribution in [0.4, 0.5) is 0 Å².